The van der Waals surface area contributed by atoms with Crippen LogP contribution in [0.3, 0.4) is 0 Å². The maximum Gasteiger partial charge on any atom is 0.311 e. The second-order valence-corrected chi connectivity index (χ2v) is 3.65. The van der Waals surface area contributed by atoms with Crippen LogP contribution in [0.1, 0.15) is 23.5 Å². The van der Waals surface area contributed by atoms with Crippen LogP contribution in [0, 0.1) is 0 Å². The van der Waals surface area contributed by atoms with Gasteiger partial charge in [-0.05, 0) is 30.0 Å². The zero-order valence-electron chi connectivity index (χ0n) is 6.96. The lowest BCUT2D eigenvalue weighted by Crippen LogP contribution is -2.08. The number of halogens is 1. The number of aliphatic carboxylic acids is 1. The maximum atomic E-state index is 10.9. The molecule has 0 bridgehead atoms. The van der Waals surface area contributed by atoms with Crippen LogP contribution < -0.4 is 0 Å². The van der Waals surface area contributed by atoms with Crippen molar-refractivity contribution in [3.8, 4) is 0 Å². The van der Waals surface area contributed by atoms with Gasteiger partial charge in [0, 0.05) is 5.02 Å². The minimum atomic E-state index is -0.771. The summed E-state index contributed by atoms with van der Waals surface area (Å²) in [5.41, 5.74) is 1.90. The Morgan fingerprint density at radius 3 is 3.00 bits per heavy atom. The molecule has 1 atom stereocenters. The normalized spacial score (nSPS) is 19.9. The molecule has 0 aliphatic heterocycles. The zero-order chi connectivity index (χ0) is 9.42. The third kappa shape index (κ3) is 1.31. The van der Waals surface area contributed by atoms with E-state index in [9.17, 15) is 4.79 Å². The van der Waals surface area contributed by atoms with Crippen LogP contribution in [0.25, 0.3) is 0 Å². The largest absolute Gasteiger partial charge is 0.481 e. The lowest BCUT2D eigenvalue weighted by atomic mass is 10.0. The molecule has 0 heterocycles. The molecule has 0 saturated carbocycles. The number of rotatable bonds is 1. The van der Waals surface area contributed by atoms with Crippen LogP contribution in [0.2, 0.25) is 5.02 Å². The highest BCUT2D eigenvalue weighted by molar-refractivity contribution is 6.31. The number of carbonyl (C=O) groups is 1. The fourth-order valence-electron chi connectivity index (χ4n) is 1.88. The van der Waals surface area contributed by atoms with E-state index in [1.165, 1.54) is 0 Å². The molecular formula is C10H9ClO2. The number of carboxylic acids is 1. The van der Waals surface area contributed by atoms with Gasteiger partial charge in [-0.3, -0.25) is 4.79 Å². The topological polar surface area (TPSA) is 37.3 Å². The first-order valence-corrected chi connectivity index (χ1v) is 4.58. The molecule has 0 fully saturated rings. The van der Waals surface area contributed by atoms with E-state index in [1.54, 1.807) is 6.07 Å². The average molecular weight is 197 g/mol. The smallest absolute Gasteiger partial charge is 0.311 e. The highest BCUT2D eigenvalue weighted by Gasteiger charge is 2.29. The summed E-state index contributed by atoms with van der Waals surface area (Å²) < 4.78 is 0. The molecule has 2 rings (SSSR count). The first-order chi connectivity index (χ1) is 6.20. The summed E-state index contributed by atoms with van der Waals surface area (Å²) in [5, 5.41) is 9.51. The quantitative estimate of drug-likeness (QED) is 0.749. The zero-order valence-corrected chi connectivity index (χ0v) is 7.71. The Hall–Kier alpha value is -1.02. The van der Waals surface area contributed by atoms with Crippen LogP contribution in [-0.2, 0) is 11.2 Å². The monoisotopic (exact) mass is 196 g/mol. The summed E-state index contributed by atoms with van der Waals surface area (Å²) in [6.07, 6.45) is 1.50. The first kappa shape index (κ1) is 8.57. The van der Waals surface area contributed by atoms with E-state index >= 15 is 0 Å². The SMILES string of the molecule is O=C(O)[C@H]1CCc2cccc(Cl)c21. The minimum Gasteiger partial charge on any atom is -0.481 e. The van der Waals surface area contributed by atoms with Crippen molar-refractivity contribution in [1.29, 1.82) is 0 Å². The van der Waals surface area contributed by atoms with Crippen molar-refractivity contribution in [2.24, 2.45) is 0 Å². The van der Waals surface area contributed by atoms with Crippen molar-refractivity contribution >= 4 is 17.6 Å². The van der Waals surface area contributed by atoms with E-state index in [0.29, 0.717) is 11.4 Å². The number of fused-ring (bicyclic) bond motifs is 1. The Morgan fingerprint density at radius 2 is 2.31 bits per heavy atom. The van der Waals surface area contributed by atoms with Gasteiger partial charge in [-0.25, -0.2) is 0 Å². The molecule has 0 aromatic heterocycles. The van der Waals surface area contributed by atoms with Crippen LogP contribution >= 0.6 is 11.6 Å². The first-order valence-electron chi connectivity index (χ1n) is 4.20. The molecule has 1 N–H and O–H groups in total. The fourth-order valence-corrected chi connectivity index (χ4v) is 2.21. The Labute approximate surface area is 81.1 Å². The van der Waals surface area contributed by atoms with Crippen molar-refractivity contribution in [2.45, 2.75) is 18.8 Å². The molecule has 1 aliphatic carbocycles. The Kier molecular flexibility index (Phi) is 2.00. The molecule has 1 aromatic rings. The van der Waals surface area contributed by atoms with Gasteiger partial charge in [-0.1, -0.05) is 23.7 Å². The molecular weight excluding hydrogens is 188 g/mol. The molecule has 1 aromatic carbocycles. The predicted octanol–water partition coefficient (Wildman–Crippen LogP) is 2.45. The van der Waals surface area contributed by atoms with Gasteiger partial charge in [-0.15, -0.1) is 0 Å². The molecule has 3 heteroatoms. The van der Waals surface area contributed by atoms with Crippen molar-refractivity contribution in [3.63, 3.8) is 0 Å². The van der Waals surface area contributed by atoms with Crippen molar-refractivity contribution in [3.05, 3.63) is 34.3 Å². The van der Waals surface area contributed by atoms with Crippen LogP contribution in [-0.4, -0.2) is 11.1 Å². The van der Waals surface area contributed by atoms with E-state index in [0.717, 1.165) is 17.5 Å². The number of aryl methyl sites for hydroxylation is 1. The van der Waals surface area contributed by atoms with Gasteiger partial charge >= 0.3 is 5.97 Å². The molecule has 0 unspecified atom stereocenters. The highest BCUT2D eigenvalue weighted by atomic mass is 35.5. The van der Waals surface area contributed by atoms with Gasteiger partial charge in [0.15, 0.2) is 0 Å². The van der Waals surface area contributed by atoms with Crippen molar-refractivity contribution in [2.75, 3.05) is 0 Å². The number of carboxylic acid groups (broad SMARTS) is 1. The molecule has 0 amide bonds. The number of hydrogen-bond acceptors (Lipinski definition) is 1. The van der Waals surface area contributed by atoms with Gasteiger partial charge < -0.3 is 5.11 Å². The van der Waals surface area contributed by atoms with E-state index in [1.807, 2.05) is 12.1 Å². The summed E-state index contributed by atoms with van der Waals surface area (Å²) in [6.45, 7) is 0. The minimum absolute atomic E-state index is 0.399. The van der Waals surface area contributed by atoms with Gasteiger partial charge in [0.05, 0.1) is 5.92 Å². The van der Waals surface area contributed by atoms with Gasteiger partial charge in [0.1, 0.15) is 0 Å². The van der Waals surface area contributed by atoms with Crippen LogP contribution in [0.15, 0.2) is 18.2 Å². The summed E-state index contributed by atoms with van der Waals surface area (Å²) in [5.74, 6) is -1.17. The fraction of sp³-hybridized carbons (Fsp3) is 0.300. The number of benzene rings is 1. The highest BCUT2D eigenvalue weighted by Crippen LogP contribution is 2.37. The predicted molar refractivity (Wildman–Crippen MR) is 50.1 cm³/mol. The second kappa shape index (κ2) is 3.04. The summed E-state index contributed by atoms with van der Waals surface area (Å²) in [7, 11) is 0. The van der Waals surface area contributed by atoms with Gasteiger partial charge in [0.2, 0.25) is 0 Å². The maximum absolute atomic E-state index is 10.9. The van der Waals surface area contributed by atoms with Crippen molar-refractivity contribution in [1.82, 2.24) is 0 Å². The van der Waals surface area contributed by atoms with Gasteiger partial charge in [0.25, 0.3) is 0 Å². The lowest BCUT2D eigenvalue weighted by molar-refractivity contribution is -0.138. The van der Waals surface area contributed by atoms with Crippen LogP contribution in [0.4, 0.5) is 0 Å². The molecule has 13 heavy (non-hydrogen) atoms. The third-order valence-corrected chi connectivity index (χ3v) is 2.82. The number of hydrogen-bond donors (Lipinski definition) is 1. The Balaban J connectivity index is 2.52. The molecule has 0 spiro atoms. The average Bonchev–Trinajstić information content (AvgIpc) is 2.49. The second-order valence-electron chi connectivity index (χ2n) is 3.24. The molecule has 2 nitrogen and oxygen atoms in total. The summed E-state index contributed by atoms with van der Waals surface area (Å²) >= 11 is 5.95. The summed E-state index contributed by atoms with van der Waals surface area (Å²) in [6, 6.07) is 5.57. The van der Waals surface area contributed by atoms with E-state index in [2.05, 4.69) is 0 Å². The van der Waals surface area contributed by atoms with Crippen LogP contribution in [0.5, 0.6) is 0 Å². The van der Waals surface area contributed by atoms with E-state index in [-0.39, 0.29) is 0 Å². The Bertz CT molecular complexity index is 360. The molecule has 0 saturated heterocycles. The summed E-state index contributed by atoms with van der Waals surface area (Å²) in [4.78, 5) is 10.9. The standard InChI is InChI=1S/C10H9ClO2/c11-8-3-1-2-6-4-5-7(9(6)8)10(12)13/h1-3,7H,4-5H2,(H,12,13)/t7-/m0/s1. The van der Waals surface area contributed by atoms with E-state index < -0.39 is 11.9 Å². The lowest BCUT2D eigenvalue weighted by Gasteiger charge is -2.07. The Morgan fingerprint density at radius 1 is 1.54 bits per heavy atom. The molecule has 0 radical (unpaired) electrons. The molecule has 1 aliphatic rings. The van der Waals surface area contributed by atoms with Gasteiger partial charge in [-0.2, -0.15) is 0 Å². The molecule has 68 valence electrons. The van der Waals surface area contributed by atoms with Crippen molar-refractivity contribution < 1.29 is 9.90 Å². The van der Waals surface area contributed by atoms with E-state index in [4.69, 9.17) is 16.7 Å². The third-order valence-electron chi connectivity index (χ3n) is 2.49.